The second kappa shape index (κ2) is 10.5. The van der Waals surface area contributed by atoms with Gasteiger partial charge in [0.05, 0.1) is 11.6 Å². The highest BCUT2D eigenvalue weighted by Gasteiger charge is 2.47. The van der Waals surface area contributed by atoms with Gasteiger partial charge in [-0.1, -0.05) is 48.5 Å². The Labute approximate surface area is 227 Å². The van der Waals surface area contributed by atoms with Crippen molar-refractivity contribution in [1.82, 2.24) is 0 Å². The number of rotatable bonds is 6. The first kappa shape index (κ1) is 25.8. The zero-order valence-corrected chi connectivity index (χ0v) is 22.0. The maximum Gasteiger partial charge on any atom is 0.300 e. The van der Waals surface area contributed by atoms with Crippen LogP contribution in [0.15, 0.2) is 96.6 Å². The summed E-state index contributed by atoms with van der Waals surface area (Å²) in [5, 5.41) is 21.3. The van der Waals surface area contributed by atoms with Crippen molar-refractivity contribution in [1.29, 1.82) is 0 Å². The lowest BCUT2D eigenvalue weighted by Gasteiger charge is -2.26. The second-order valence-corrected chi connectivity index (χ2v) is 9.86. The smallest absolute Gasteiger partial charge is 0.300 e. The highest BCUT2D eigenvalue weighted by atomic mass is 16.5. The van der Waals surface area contributed by atoms with Gasteiger partial charge in [0.15, 0.2) is 0 Å². The van der Waals surface area contributed by atoms with Crippen LogP contribution in [0.5, 0.6) is 11.5 Å². The Kier molecular flexibility index (Phi) is 6.94. The fourth-order valence-corrected chi connectivity index (χ4v) is 5.01. The zero-order chi connectivity index (χ0) is 27.7. The Morgan fingerprint density at radius 3 is 2.15 bits per heavy atom. The molecule has 2 N–H and O–H groups in total. The predicted octanol–water partition coefficient (Wildman–Crippen LogP) is 6.52. The van der Waals surface area contributed by atoms with Gasteiger partial charge < -0.3 is 14.9 Å². The molecule has 4 aromatic rings. The van der Waals surface area contributed by atoms with E-state index in [9.17, 15) is 19.8 Å². The quantitative estimate of drug-likeness (QED) is 0.172. The highest BCUT2D eigenvalue weighted by Crippen LogP contribution is 2.43. The van der Waals surface area contributed by atoms with E-state index in [0.29, 0.717) is 29.2 Å². The first-order chi connectivity index (χ1) is 18.7. The molecule has 1 aliphatic rings. The molecule has 0 aromatic heterocycles. The molecule has 4 aromatic carbocycles. The average Bonchev–Trinajstić information content (AvgIpc) is 3.18. The van der Waals surface area contributed by atoms with Crippen LogP contribution < -0.4 is 9.64 Å². The lowest BCUT2D eigenvalue weighted by molar-refractivity contribution is -0.132. The molecule has 0 radical (unpaired) electrons. The van der Waals surface area contributed by atoms with Crippen molar-refractivity contribution in [3.05, 3.63) is 130 Å². The number of aliphatic hydroxyl groups excluding tert-OH is 1. The van der Waals surface area contributed by atoms with Crippen molar-refractivity contribution < 1.29 is 24.5 Å². The number of aryl methyl sites for hydroxylation is 3. The van der Waals surface area contributed by atoms with Crippen LogP contribution in [0.2, 0.25) is 0 Å². The van der Waals surface area contributed by atoms with Gasteiger partial charge in [-0.3, -0.25) is 14.5 Å². The molecule has 0 saturated carbocycles. The van der Waals surface area contributed by atoms with Crippen LogP contribution in [0.1, 0.15) is 39.4 Å². The third-order valence-electron chi connectivity index (χ3n) is 6.82. The molecular formula is C33H29NO5. The predicted molar refractivity (Wildman–Crippen MR) is 151 cm³/mol. The van der Waals surface area contributed by atoms with Gasteiger partial charge in [-0.15, -0.1) is 0 Å². The molecule has 1 atom stereocenters. The number of nitrogens with zero attached hydrogens (tertiary/aromatic N) is 1. The fourth-order valence-electron chi connectivity index (χ4n) is 5.01. The maximum atomic E-state index is 13.5. The van der Waals surface area contributed by atoms with Crippen LogP contribution in [0.25, 0.3) is 5.76 Å². The Bertz CT molecular complexity index is 1570. The number of aromatic hydroxyl groups is 1. The summed E-state index contributed by atoms with van der Waals surface area (Å²) in [5.41, 5.74) is 5.24. The Morgan fingerprint density at radius 1 is 0.846 bits per heavy atom. The summed E-state index contributed by atoms with van der Waals surface area (Å²) < 4.78 is 5.97. The summed E-state index contributed by atoms with van der Waals surface area (Å²) in [6.45, 7) is 6.11. The van der Waals surface area contributed by atoms with Crippen molar-refractivity contribution in [2.75, 3.05) is 4.90 Å². The molecule has 1 amide bonds. The van der Waals surface area contributed by atoms with E-state index in [1.807, 2.05) is 69.3 Å². The van der Waals surface area contributed by atoms with Crippen molar-refractivity contribution in [3.63, 3.8) is 0 Å². The van der Waals surface area contributed by atoms with Gasteiger partial charge in [0.25, 0.3) is 11.7 Å². The summed E-state index contributed by atoms with van der Waals surface area (Å²) in [7, 11) is 0. The number of benzene rings is 4. The van der Waals surface area contributed by atoms with Crippen molar-refractivity contribution in [2.24, 2.45) is 0 Å². The number of anilines is 1. The largest absolute Gasteiger partial charge is 0.508 e. The minimum Gasteiger partial charge on any atom is -0.508 e. The SMILES string of the molecule is Cc1cc(C)cc(N2C(=O)C(=O)/C(=C(\O)c3ccc(OCc4ccccc4)c(C)c3)C2c2ccc(O)cc2)c1. The average molecular weight is 520 g/mol. The number of Topliss-reactive ketones (excluding diaryl/α,β-unsaturated/α-hetero) is 1. The molecule has 0 spiro atoms. The third kappa shape index (κ3) is 5.14. The van der Waals surface area contributed by atoms with Crippen molar-refractivity contribution in [3.8, 4) is 11.5 Å². The number of aliphatic hydroxyl groups is 1. The van der Waals surface area contributed by atoms with E-state index in [1.165, 1.54) is 17.0 Å². The van der Waals surface area contributed by atoms with Gasteiger partial charge in [0, 0.05) is 11.3 Å². The summed E-state index contributed by atoms with van der Waals surface area (Å²) in [6, 6.07) is 26.1. The first-order valence-corrected chi connectivity index (χ1v) is 12.7. The molecule has 1 aliphatic heterocycles. The molecular weight excluding hydrogens is 490 g/mol. The van der Waals surface area contributed by atoms with E-state index in [2.05, 4.69) is 0 Å². The van der Waals surface area contributed by atoms with Crippen molar-refractivity contribution >= 4 is 23.1 Å². The number of carbonyl (C=O) groups excluding carboxylic acids is 2. The van der Waals surface area contributed by atoms with E-state index in [1.54, 1.807) is 30.3 Å². The number of hydrogen-bond donors (Lipinski definition) is 2. The monoisotopic (exact) mass is 519 g/mol. The van der Waals surface area contributed by atoms with Crippen LogP contribution in [0.3, 0.4) is 0 Å². The fraction of sp³-hybridized carbons (Fsp3) is 0.152. The highest BCUT2D eigenvalue weighted by molar-refractivity contribution is 6.51. The molecule has 196 valence electrons. The van der Waals surface area contributed by atoms with Crippen LogP contribution in [-0.4, -0.2) is 21.9 Å². The van der Waals surface area contributed by atoms with Gasteiger partial charge >= 0.3 is 0 Å². The molecule has 6 heteroatoms. The number of hydrogen-bond acceptors (Lipinski definition) is 5. The summed E-state index contributed by atoms with van der Waals surface area (Å²) in [6.07, 6.45) is 0. The molecule has 0 aliphatic carbocycles. The maximum absolute atomic E-state index is 13.5. The molecule has 1 fully saturated rings. The van der Waals surface area contributed by atoms with Gasteiger partial charge in [0.1, 0.15) is 23.9 Å². The molecule has 6 nitrogen and oxygen atoms in total. The number of phenolic OH excluding ortho intramolecular Hbond substituents is 1. The molecule has 5 rings (SSSR count). The third-order valence-corrected chi connectivity index (χ3v) is 6.82. The standard InChI is InChI=1S/C33H29NO5/c1-20-15-21(2)17-26(16-20)34-30(24-9-12-27(35)13-10-24)29(32(37)33(34)38)31(36)25-11-14-28(22(3)18-25)39-19-23-7-5-4-6-8-23/h4-18,30,35-36H,19H2,1-3H3/b31-29-. The van der Waals surface area contributed by atoms with Gasteiger partial charge in [-0.2, -0.15) is 0 Å². The topological polar surface area (TPSA) is 87.1 Å². The summed E-state index contributed by atoms with van der Waals surface area (Å²) in [4.78, 5) is 28.3. The van der Waals surface area contributed by atoms with Crippen molar-refractivity contribution in [2.45, 2.75) is 33.4 Å². The molecule has 0 bridgehead atoms. The second-order valence-electron chi connectivity index (χ2n) is 9.86. The number of carbonyl (C=O) groups is 2. The Morgan fingerprint density at radius 2 is 1.51 bits per heavy atom. The van der Waals surface area contributed by atoms with Gasteiger partial charge in [0.2, 0.25) is 0 Å². The van der Waals surface area contributed by atoms with Gasteiger partial charge in [-0.05, 0) is 91.1 Å². The first-order valence-electron chi connectivity index (χ1n) is 12.7. The summed E-state index contributed by atoms with van der Waals surface area (Å²) >= 11 is 0. The Balaban J connectivity index is 1.57. The van der Waals surface area contributed by atoms with Crippen LogP contribution in [0, 0.1) is 20.8 Å². The number of amides is 1. The van der Waals surface area contributed by atoms with E-state index < -0.39 is 17.7 Å². The minimum atomic E-state index is -0.874. The van der Waals surface area contributed by atoms with E-state index in [4.69, 9.17) is 4.74 Å². The zero-order valence-electron chi connectivity index (χ0n) is 22.0. The van der Waals surface area contributed by atoms with Crippen LogP contribution >= 0.6 is 0 Å². The van der Waals surface area contributed by atoms with Crippen LogP contribution in [0.4, 0.5) is 5.69 Å². The van der Waals surface area contributed by atoms with Crippen LogP contribution in [-0.2, 0) is 16.2 Å². The number of ether oxygens (including phenoxy) is 1. The number of phenols is 1. The Hall–Kier alpha value is -4.84. The minimum absolute atomic E-state index is 0.0118. The lowest BCUT2D eigenvalue weighted by Crippen LogP contribution is -2.29. The number of ketones is 1. The summed E-state index contributed by atoms with van der Waals surface area (Å²) in [5.74, 6) is -1.05. The van der Waals surface area contributed by atoms with E-state index in [-0.39, 0.29) is 17.1 Å². The lowest BCUT2D eigenvalue weighted by atomic mass is 9.94. The van der Waals surface area contributed by atoms with E-state index >= 15 is 0 Å². The molecule has 39 heavy (non-hydrogen) atoms. The molecule has 1 saturated heterocycles. The molecule has 1 unspecified atom stereocenters. The van der Waals surface area contributed by atoms with Gasteiger partial charge in [-0.25, -0.2) is 0 Å². The molecule has 1 heterocycles. The normalized spacial score (nSPS) is 16.5. The van der Waals surface area contributed by atoms with E-state index in [0.717, 1.165) is 22.3 Å².